The molecule has 4 nitrogen and oxygen atoms in total. The maximum atomic E-state index is 12.5. The number of ether oxygens (including phenoxy) is 1. The fourth-order valence-electron chi connectivity index (χ4n) is 2.99. The first-order valence-corrected chi connectivity index (χ1v) is 10.2. The number of thioether (sulfide) groups is 1. The third-order valence-electron chi connectivity index (χ3n) is 4.40. The van der Waals surface area contributed by atoms with Crippen molar-refractivity contribution in [2.75, 3.05) is 12.4 Å². The molecule has 0 saturated heterocycles. The molecule has 0 fully saturated rings. The number of ketones is 1. The van der Waals surface area contributed by atoms with Crippen LogP contribution in [0.5, 0.6) is 5.75 Å². The molecule has 4 rings (SSSR count). The minimum Gasteiger partial charge on any atom is -0.494 e. The molecule has 0 aliphatic rings. The minimum atomic E-state index is 0.0834. The molecule has 0 aliphatic heterocycles. The summed E-state index contributed by atoms with van der Waals surface area (Å²) in [4.78, 5) is 20.3. The van der Waals surface area contributed by atoms with Crippen LogP contribution in [0.3, 0.4) is 0 Å². The first-order valence-electron chi connectivity index (χ1n) is 9.17. The molecule has 5 heteroatoms. The molecule has 28 heavy (non-hydrogen) atoms. The van der Waals surface area contributed by atoms with Gasteiger partial charge in [-0.3, -0.25) is 4.79 Å². The highest BCUT2D eigenvalue weighted by Crippen LogP contribution is 2.24. The largest absolute Gasteiger partial charge is 0.494 e. The van der Waals surface area contributed by atoms with E-state index in [9.17, 15) is 4.79 Å². The van der Waals surface area contributed by atoms with E-state index in [2.05, 4.69) is 22.1 Å². The van der Waals surface area contributed by atoms with E-state index < -0.39 is 0 Å². The van der Waals surface area contributed by atoms with E-state index in [0.717, 1.165) is 33.1 Å². The van der Waals surface area contributed by atoms with Crippen LogP contribution in [0, 0.1) is 0 Å². The second-order valence-corrected chi connectivity index (χ2v) is 7.27. The Bertz CT molecular complexity index is 1090. The molecule has 0 unspecified atom stereocenters. The predicted octanol–water partition coefficient (Wildman–Crippen LogP) is 5.60. The molecule has 0 spiro atoms. The van der Waals surface area contributed by atoms with E-state index in [0.29, 0.717) is 17.9 Å². The van der Waals surface area contributed by atoms with Crippen LogP contribution in [0.1, 0.15) is 17.3 Å². The summed E-state index contributed by atoms with van der Waals surface area (Å²) in [6.07, 6.45) is 0. The van der Waals surface area contributed by atoms with Crippen LogP contribution < -0.4 is 4.74 Å². The lowest BCUT2D eigenvalue weighted by atomic mass is 10.0. The van der Waals surface area contributed by atoms with Crippen molar-refractivity contribution in [3.8, 4) is 16.9 Å². The number of rotatable bonds is 7. The van der Waals surface area contributed by atoms with E-state index in [1.165, 1.54) is 11.8 Å². The summed E-state index contributed by atoms with van der Waals surface area (Å²) in [6, 6.07) is 23.6. The van der Waals surface area contributed by atoms with Gasteiger partial charge in [-0.1, -0.05) is 66.4 Å². The highest BCUT2D eigenvalue weighted by Gasteiger charge is 2.10. The van der Waals surface area contributed by atoms with E-state index in [-0.39, 0.29) is 5.78 Å². The molecule has 1 aromatic heterocycles. The summed E-state index contributed by atoms with van der Waals surface area (Å²) in [7, 11) is 0. The molecule has 0 atom stereocenters. The maximum Gasteiger partial charge on any atom is 0.173 e. The van der Waals surface area contributed by atoms with Crippen LogP contribution in [0.2, 0.25) is 0 Å². The maximum absolute atomic E-state index is 12.5. The van der Waals surface area contributed by atoms with Crippen molar-refractivity contribution in [1.82, 2.24) is 9.97 Å². The van der Waals surface area contributed by atoms with Crippen LogP contribution in [-0.4, -0.2) is 28.1 Å². The predicted molar refractivity (Wildman–Crippen MR) is 114 cm³/mol. The Morgan fingerprint density at radius 3 is 2.50 bits per heavy atom. The van der Waals surface area contributed by atoms with Crippen LogP contribution in [0.15, 0.2) is 78.0 Å². The quantitative estimate of drug-likeness (QED) is 0.330. The lowest BCUT2D eigenvalue weighted by Crippen LogP contribution is -2.02. The smallest absolute Gasteiger partial charge is 0.173 e. The molecule has 1 heterocycles. The second-order valence-electron chi connectivity index (χ2n) is 6.31. The Labute approximate surface area is 168 Å². The number of hydrogen-bond donors (Lipinski definition) is 1. The fraction of sp³-hybridized carbons (Fsp3) is 0.130. The molecule has 3 aromatic carbocycles. The van der Waals surface area contributed by atoms with Crippen molar-refractivity contribution in [3.05, 3.63) is 78.4 Å². The van der Waals surface area contributed by atoms with Gasteiger partial charge < -0.3 is 9.72 Å². The van der Waals surface area contributed by atoms with Crippen molar-refractivity contribution < 1.29 is 9.53 Å². The van der Waals surface area contributed by atoms with E-state index in [1.54, 1.807) is 0 Å². The third-order valence-corrected chi connectivity index (χ3v) is 5.27. The first kappa shape index (κ1) is 18.3. The van der Waals surface area contributed by atoms with Gasteiger partial charge in [-0.2, -0.15) is 0 Å². The van der Waals surface area contributed by atoms with Gasteiger partial charge in [-0.05, 0) is 30.2 Å². The van der Waals surface area contributed by atoms with Gasteiger partial charge in [0.1, 0.15) is 5.75 Å². The van der Waals surface area contributed by atoms with Gasteiger partial charge in [0, 0.05) is 11.6 Å². The zero-order valence-corrected chi connectivity index (χ0v) is 16.3. The van der Waals surface area contributed by atoms with Gasteiger partial charge in [0.2, 0.25) is 0 Å². The second kappa shape index (κ2) is 8.31. The van der Waals surface area contributed by atoms with Crippen molar-refractivity contribution in [3.63, 3.8) is 0 Å². The minimum absolute atomic E-state index is 0.0834. The van der Waals surface area contributed by atoms with E-state index >= 15 is 0 Å². The number of Topliss-reactive ketones (excluding diaryl/α,β-unsaturated/α-hetero) is 1. The molecule has 0 saturated carbocycles. The number of nitrogens with one attached hydrogen (secondary N) is 1. The molecule has 0 radical (unpaired) electrons. The molecule has 4 aromatic rings. The summed E-state index contributed by atoms with van der Waals surface area (Å²) in [5.74, 6) is 1.23. The number of aromatic amines is 1. The van der Waals surface area contributed by atoms with Gasteiger partial charge in [-0.15, -0.1) is 0 Å². The Hall–Kier alpha value is -3.05. The third kappa shape index (κ3) is 4.10. The zero-order valence-electron chi connectivity index (χ0n) is 15.5. The van der Waals surface area contributed by atoms with Gasteiger partial charge >= 0.3 is 0 Å². The average Bonchev–Trinajstić information content (AvgIpc) is 3.15. The molecular weight excluding hydrogens is 368 g/mol. The lowest BCUT2D eigenvalue weighted by molar-refractivity contribution is 0.102. The fourth-order valence-corrected chi connectivity index (χ4v) is 3.77. The number of fused-ring (bicyclic) bond motifs is 1. The van der Waals surface area contributed by atoms with Crippen molar-refractivity contribution in [2.24, 2.45) is 0 Å². The Morgan fingerprint density at radius 2 is 1.75 bits per heavy atom. The van der Waals surface area contributed by atoms with Gasteiger partial charge in [0.15, 0.2) is 10.9 Å². The number of H-pyrrole nitrogens is 1. The number of nitrogens with zero attached hydrogens (tertiary/aromatic N) is 1. The summed E-state index contributed by atoms with van der Waals surface area (Å²) in [6.45, 7) is 2.58. The van der Waals surface area contributed by atoms with Crippen LogP contribution in [0.25, 0.3) is 22.2 Å². The number of carbonyl (C=O) groups is 1. The standard InChI is InChI=1S/C23H20N2O2S/c1-2-27-19-12-13-20-21(14-19)25-23(24-20)28-15-22(26)18-10-8-17(9-11-18)16-6-4-3-5-7-16/h3-14H,2,15H2,1H3,(H,24,25). The molecule has 140 valence electrons. The number of benzene rings is 3. The molecule has 0 aliphatic carbocycles. The summed E-state index contributed by atoms with van der Waals surface area (Å²) in [5, 5.41) is 0.734. The summed E-state index contributed by atoms with van der Waals surface area (Å²) < 4.78 is 5.51. The molecule has 0 bridgehead atoms. The number of imidazole rings is 1. The summed E-state index contributed by atoms with van der Waals surface area (Å²) >= 11 is 1.41. The van der Waals surface area contributed by atoms with Crippen molar-refractivity contribution >= 4 is 28.6 Å². The van der Waals surface area contributed by atoms with Crippen molar-refractivity contribution in [1.29, 1.82) is 0 Å². The van der Waals surface area contributed by atoms with Crippen molar-refractivity contribution in [2.45, 2.75) is 12.1 Å². The Morgan fingerprint density at radius 1 is 1.00 bits per heavy atom. The van der Waals surface area contributed by atoms with Gasteiger partial charge in [-0.25, -0.2) is 4.98 Å². The molecule has 0 amide bonds. The number of hydrogen-bond acceptors (Lipinski definition) is 4. The Kier molecular flexibility index (Phi) is 5.44. The lowest BCUT2D eigenvalue weighted by Gasteiger charge is -2.04. The topological polar surface area (TPSA) is 55.0 Å². The SMILES string of the molecule is CCOc1ccc2nc(SCC(=O)c3ccc(-c4ccccc4)cc3)[nH]c2c1. The molecular formula is C23H20N2O2S. The van der Waals surface area contributed by atoms with Crippen LogP contribution in [-0.2, 0) is 0 Å². The highest BCUT2D eigenvalue weighted by molar-refractivity contribution is 7.99. The summed E-state index contributed by atoms with van der Waals surface area (Å²) in [5.41, 5.74) is 4.73. The molecule has 1 N–H and O–H groups in total. The van der Waals surface area contributed by atoms with Crippen LogP contribution >= 0.6 is 11.8 Å². The monoisotopic (exact) mass is 388 g/mol. The average molecular weight is 388 g/mol. The van der Waals surface area contributed by atoms with E-state index in [4.69, 9.17) is 4.74 Å². The van der Waals surface area contributed by atoms with Gasteiger partial charge in [0.05, 0.1) is 23.4 Å². The zero-order chi connectivity index (χ0) is 19.3. The highest BCUT2D eigenvalue weighted by atomic mass is 32.2. The Balaban J connectivity index is 1.42. The van der Waals surface area contributed by atoms with Crippen LogP contribution in [0.4, 0.5) is 0 Å². The van der Waals surface area contributed by atoms with E-state index in [1.807, 2.05) is 67.6 Å². The van der Waals surface area contributed by atoms with Gasteiger partial charge in [0.25, 0.3) is 0 Å². The first-order chi connectivity index (χ1) is 13.7. The normalized spacial score (nSPS) is 10.9. The number of aromatic nitrogens is 2. The number of carbonyl (C=O) groups excluding carboxylic acids is 1.